The van der Waals surface area contributed by atoms with Crippen LogP contribution in [0.5, 0.6) is 11.5 Å². The Balaban J connectivity index is 1.66. The molecule has 1 aromatic heterocycles. The summed E-state index contributed by atoms with van der Waals surface area (Å²) < 4.78 is 28.6. The third-order valence-electron chi connectivity index (χ3n) is 3.92. The largest absolute Gasteiger partial charge is 0.493 e. The summed E-state index contributed by atoms with van der Waals surface area (Å²) in [5.41, 5.74) is 1.17. The molecule has 28 heavy (non-hydrogen) atoms. The van der Waals surface area contributed by atoms with Crippen molar-refractivity contribution in [3.05, 3.63) is 54.2 Å². The summed E-state index contributed by atoms with van der Waals surface area (Å²) in [5, 5.41) is 6.60. The van der Waals surface area contributed by atoms with Gasteiger partial charge < -0.3 is 24.2 Å². The van der Waals surface area contributed by atoms with Gasteiger partial charge in [-0.2, -0.15) is 4.98 Å². The average Bonchev–Trinajstić information content (AvgIpc) is 3.17. The first kappa shape index (κ1) is 19.2. The second-order valence-corrected chi connectivity index (χ2v) is 5.87. The average molecular weight is 386 g/mol. The maximum atomic E-state index is 12.9. The van der Waals surface area contributed by atoms with Crippen molar-refractivity contribution in [3.63, 3.8) is 0 Å². The molecule has 0 saturated heterocycles. The van der Waals surface area contributed by atoms with Gasteiger partial charge in [0.1, 0.15) is 12.4 Å². The molecule has 0 aliphatic rings. The van der Waals surface area contributed by atoms with Crippen LogP contribution in [-0.2, 0) is 6.54 Å². The van der Waals surface area contributed by atoms with Crippen LogP contribution in [0.2, 0.25) is 0 Å². The van der Waals surface area contributed by atoms with E-state index in [1.54, 1.807) is 32.4 Å². The first-order valence-electron chi connectivity index (χ1n) is 8.33. The fourth-order valence-corrected chi connectivity index (χ4v) is 2.44. The Morgan fingerprint density at radius 3 is 2.54 bits per heavy atom. The van der Waals surface area contributed by atoms with Crippen molar-refractivity contribution in [2.45, 2.75) is 6.54 Å². The molecule has 0 aliphatic carbocycles. The number of rotatable bonds is 6. The summed E-state index contributed by atoms with van der Waals surface area (Å²) in [7, 11) is 4.67. The summed E-state index contributed by atoms with van der Waals surface area (Å²) in [6, 6.07) is 10.3. The highest BCUT2D eigenvalue weighted by Crippen LogP contribution is 2.31. The van der Waals surface area contributed by atoms with Crippen LogP contribution in [0.15, 0.2) is 47.0 Å². The first-order chi connectivity index (χ1) is 13.5. The fourth-order valence-electron chi connectivity index (χ4n) is 2.44. The quantitative estimate of drug-likeness (QED) is 0.697. The zero-order valence-electron chi connectivity index (χ0n) is 15.6. The molecule has 0 saturated carbocycles. The van der Waals surface area contributed by atoms with E-state index >= 15 is 0 Å². The molecule has 0 aliphatic heterocycles. The minimum absolute atomic E-state index is 0.104. The minimum Gasteiger partial charge on any atom is -0.493 e. The maximum absolute atomic E-state index is 12.9. The van der Waals surface area contributed by atoms with E-state index in [2.05, 4.69) is 15.5 Å². The van der Waals surface area contributed by atoms with Gasteiger partial charge in [-0.25, -0.2) is 9.18 Å². The van der Waals surface area contributed by atoms with Gasteiger partial charge in [0, 0.05) is 18.3 Å². The van der Waals surface area contributed by atoms with Gasteiger partial charge in [-0.1, -0.05) is 5.16 Å². The molecule has 1 N–H and O–H groups in total. The van der Waals surface area contributed by atoms with E-state index in [1.165, 1.54) is 36.3 Å². The number of halogens is 1. The van der Waals surface area contributed by atoms with Gasteiger partial charge in [-0.15, -0.1) is 0 Å². The molecule has 8 nitrogen and oxygen atoms in total. The van der Waals surface area contributed by atoms with Gasteiger partial charge >= 0.3 is 6.03 Å². The monoisotopic (exact) mass is 386 g/mol. The van der Waals surface area contributed by atoms with Gasteiger partial charge in [-0.3, -0.25) is 0 Å². The highest BCUT2D eigenvalue weighted by molar-refractivity contribution is 5.89. The Hall–Kier alpha value is -3.62. The molecule has 1 heterocycles. The van der Waals surface area contributed by atoms with Crippen LogP contribution in [0.3, 0.4) is 0 Å². The number of anilines is 1. The molecule has 0 spiro atoms. The predicted molar refractivity (Wildman–Crippen MR) is 99.7 cm³/mol. The Morgan fingerprint density at radius 2 is 1.86 bits per heavy atom. The lowest BCUT2D eigenvalue weighted by Crippen LogP contribution is -2.30. The highest BCUT2D eigenvalue weighted by Gasteiger charge is 2.16. The van der Waals surface area contributed by atoms with Crippen LogP contribution in [0, 0.1) is 5.82 Å². The van der Waals surface area contributed by atoms with Crippen LogP contribution < -0.4 is 14.8 Å². The zero-order valence-corrected chi connectivity index (χ0v) is 15.6. The summed E-state index contributed by atoms with van der Waals surface area (Å²) in [5.74, 6) is 1.39. The number of benzene rings is 2. The molecule has 3 aromatic rings. The van der Waals surface area contributed by atoms with Gasteiger partial charge in [0.05, 0.1) is 14.2 Å². The van der Waals surface area contributed by atoms with E-state index in [1.807, 2.05) is 0 Å². The summed E-state index contributed by atoms with van der Waals surface area (Å²) in [4.78, 5) is 17.9. The van der Waals surface area contributed by atoms with E-state index < -0.39 is 6.03 Å². The maximum Gasteiger partial charge on any atom is 0.322 e. The first-order valence-corrected chi connectivity index (χ1v) is 8.33. The molecule has 2 amide bonds. The molecule has 9 heteroatoms. The SMILES string of the molecule is COc1ccc(-c2noc(CN(C)C(=O)Nc3ccc(F)cc3)n2)cc1OC. The van der Waals surface area contributed by atoms with Crippen molar-refractivity contribution in [1.82, 2.24) is 15.0 Å². The second kappa shape index (κ2) is 8.38. The second-order valence-electron chi connectivity index (χ2n) is 5.87. The third-order valence-corrected chi connectivity index (χ3v) is 3.92. The normalized spacial score (nSPS) is 10.4. The standard InChI is InChI=1S/C19H19FN4O4/c1-24(19(25)21-14-7-5-13(20)6-8-14)11-17-22-18(23-28-17)12-4-9-15(26-2)16(10-12)27-3/h4-10H,11H2,1-3H3,(H,21,25). The Bertz CT molecular complexity index is 959. The lowest BCUT2D eigenvalue weighted by atomic mass is 10.2. The smallest absolute Gasteiger partial charge is 0.322 e. The molecule has 3 rings (SSSR count). The number of hydrogen-bond donors (Lipinski definition) is 1. The van der Waals surface area contributed by atoms with Crippen LogP contribution in [-0.4, -0.2) is 42.3 Å². The number of nitrogens with one attached hydrogen (secondary N) is 1. The van der Waals surface area contributed by atoms with E-state index in [0.29, 0.717) is 28.6 Å². The third kappa shape index (κ3) is 4.37. The van der Waals surface area contributed by atoms with Crippen molar-refractivity contribution >= 4 is 11.7 Å². The molecule has 0 bridgehead atoms. The summed E-state index contributed by atoms with van der Waals surface area (Å²) in [6.07, 6.45) is 0. The van der Waals surface area contributed by atoms with E-state index in [4.69, 9.17) is 14.0 Å². The number of ether oxygens (including phenoxy) is 2. The van der Waals surface area contributed by atoms with Crippen molar-refractivity contribution < 1.29 is 23.2 Å². The Morgan fingerprint density at radius 1 is 1.14 bits per heavy atom. The summed E-state index contributed by atoms with van der Waals surface area (Å²) in [6.45, 7) is 0.104. The molecule has 0 atom stereocenters. The molecule has 0 unspecified atom stereocenters. The van der Waals surface area contributed by atoms with Crippen LogP contribution in [0.1, 0.15) is 5.89 Å². The van der Waals surface area contributed by atoms with Crippen molar-refractivity contribution in [3.8, 4) is 22.9 Å². The number of aromatic nitrogens is 2. The molecule has 146 valence electrons. The number of carbonyl (C=O) groups is 1. The topological polar surface area (TPSA) is 89.7 Å². The van der Waals surface area contributed by atoms with E-state index in [9.17, 15) is 9.18 Å². The highest BCUT2D eigenvalue weighted by atomic mass is 19.1. The molecular weight excluding hydrogens is 367 g/mol. The number of urea groups is 1. The minimum atomic E-state index is -0.391. The Labute approximate surface area is 160 Å². The molecular formula is C19H19FN4O4. The van der Waals surface area contributed by atoms with Gasteiger partial charge in [0.25, 0.3) is 0 Å². The van der Waals surface area contributed by atoms with Crippen LogP contribution in [0.4, 0.5) is 14.9 Å². The zero-order chi connectivity index (χ0) is 20.1. The number of methoxy groups -OCH3 is 2. The van der Waals surface area contributed by atoms with Crippen molar-refractivity contribution in [1.29, 1.82) is 0 Å². The molecule has 2 aromatic carbocycles. The van der Waals surface area contributed by atoms with Gasteiger partial charge in [-0.05, 0) is 42.5 Å². The van der Waals surface area contributed by atoms with E-state index in [-0.39, 0.29) is 18.3 Å². The molecule has 0 fully saturated rings. The van der Waals surface area contributed by atoms with Crippen LogP contribution >= 0.6 is 0 Å². The predicted octanol–water partition coefficient (Wildman–Crippen LogP) is 3.56. The van der Waals surface area contributed by atoms with Gasteiger partial charge in [0.15, 0.2) is 11.5 Å². The van der Waals surface area contributed by atoms with Gasteiger partial charge in [0.2, 0.25) is 11.7 Å². The number of carbonyl (C=O) groups excluding carboxylic acids is 1. The van der Waals surface area contributed by atoms with Crippen molar-refractivity contribution in [2.75, 3.05) is 26.6 Å². The lowest BCUT2D eigenvalue weighted by Gasteiger charge is -2.15. The van der Waals surface area contributed by atoms with Crippen LogP contribution in [0.25, 0.3) is 11.4 Å². The molecule has 0 radical (unpaired) electrons. The van der Waals surface area contributed by atoms with Crippen molar-refractivity contribution in [2.24, 2.45) is 0 Å². The summed E-state index contributed by atoms with van der Waals surface area (Å²) >= 11 is 0. The van der Waals surface area contributed by atoms with E-state index in [0.717, 1.165) is 0 Å². The fraction of sp³-hybridized carbons (Fsp3) is 0.211. The number of hydrogen-bond acceptors (Lipinski definition) is 6. The Kier molecular flexibility index (Phi) is 5.73. The lowest BCUT2D eigenvalue weighted by molar-refractivity contribution is 0.213. The number of amides is 2. The number of nitrogens with zero attached hydrogens (tertiary/aromatic N) is 3.